The van der Waals surface area contributed by atoms with Gasteiger partial charge in [0.05, 0.1) is 0 Å². The van der Waals surface area contributed by atoms with Crippen molar-refractivity contribution in [1.29, 1.82) is 0 Å². The molecule has 0 atom stereocenters. The van der Waals surface area contributed by atoms with Crippen LogP contribution in [0.5, 0.6) is 5.75 Å². The van der Waals surface area contributed by atoms with E-state index in [-0.39, 0.29) is 11.2 Å². The van der Waals surface area contributed by atoms with E-state index >= 15 is 0 Å². The molecule has 2 aromatic carbocycles. The van der Waals surface area contributed by atoms with Crippen LogP contribution in [0.15, 0.2) is 36.4 Å². The second kappa shape index (κ2) is 5.60. The summed E-state index contributed by atoms with van der Waals surface area (Å²) in [6, 6.07) is 11.0. The minimum Gasteiger partial charge on any atom is -0.489 e. The lowest BCUT2D eigenvalue weighted by Gasteiger charge is -2.18. The maximum atomic E-state index is 12.0. The molecule has 0 amide bonds. The summed E-state index contributed by atoms with van der Waals surface area (Å²) in [5.74, 6) is 0.915. The fourth-order valence-corrected chi connectivity index (χ4v) is 3.34. The molecule has 0 radical (unpaired) electrons. The van der Waals surface area contributed by atoms with Crippen LogP contribution in [0.3, 0.4) is 0 Å². The van der Waals surface area contributed by atoms with Gasteiger partial charge in [-0.3, -0.25) is 4.79 Å². The van der Waals surface area contributed by atoms with Gasteiger partial charge in [0.2, 0.25) is 0 Å². The molecular weight excluding hydrogens is 319 g/mol. The molecule has 22 heavy (non-hydrogen) atoms. The number of ketones is 1. The summed E-state index contributed by atoms with van der Waals surface area (Å²) in [4.78, 5) is 12.0. The predicted octanol–water partition coefficient (Wildman–Crippen LogP) is 5.44. The molecule has 0 unspecified atom stereocenters. The largest absolute Gasteiger partial charge is 0.489 e. The van der Waals surface area contributed by atoms with Crippen molar-refractivity contribution in [1.82, 2.24) is 0 Å². The van der Waals surface area contributed by atoms with E-state index in [2.05, 4.69) is 13.8 Å². The van der Waals surface area contributed by atoms with E-state index in [9.17, 15) is 4.79 Å². The van der Waals surface area contributed by atoms with Crippen LogP contribution in [0.2, 0.25) is 10.0 Å². The number of rotatable bonds is 3. The first kappa shape index (κ1) is 15.4. The Hall–Kier alpha value is -1.51. The molecule has 114 valence electrons. The molecule has 0 bridgehead atoms. The molecule has 2 aromatic rings. The van der Waals surface area contributed by atoms with Gasteiger partial charge in [-0.25, -0.2) is 0 Å². The van der Waals surface area contributed by atoms with Crippen LogP contribution in [0.1, 0.15) is 41.8 Å². The van der Waals surface area contributed by atoms with Gasteiger partial charge in [0.15, 0.2) is 5.78 Å². The first-order valence-electron chi connectivity index (χ1n) is 7.12. The van der Waals surface area contributed by atoms with Gasteiger partial charge >= 0.3 is 0 Å². The predicted molar refractivity (Wildman–Crippen MR) is 89.2 cm³/mol. The van der Waals surface area contributed by atoms with Crippen molar-refractivity contribution in [2.24, 2.45) is 0 Å². The highest BCUT2D eigenvalue weighted by atomic mass is 35.5. The summed E-state index contributed by atoms with van der Waals surface area (Å²) >= 11 is 12.3. The molecular formula is C18H16Cl2O2. The van der Waals surface area contributed by atoms with Gasteiger partial charge in [-0.1, -0.05) is 43.1 Å². The molecule has 0 fully saturated rings. The minimum absolute atomic E-state index is 0.145. The molecule has 3 rings (SSSR count). The Morgan fingerprint density at radius 3 is 2.50 bits per heavy atom. The topological polar surface area (TPSA) is 26.3 Å². The maximum Gasteiger partial charge on any atom is 0.164 e. The number of carbonyl (C=O) groups excluding carboxylic acids is 1. The van der Waals surface area contributed by atoms with Gasteiger partial charge in [-0.2, -0.15) is 0 Å². The average molecular weight is 335 g/mol. The molecule has 0 N–H and O–H groups in total. The highest BCUT2D eigenvalue weighted by Crippen LogP contribution is 2.40. The van der Waals surface area contributed by atoms with Crippen molar-refractivity contribution in [3.63, 3.8) is 0 Å². The van der Waals surface area contributed by atoms with E-state index in [1.165, 1.54) is 0 Å². The fourth-order valence-electron chi connectivity index (χ4n) is 2.83. The number of ether oxygens (including phenoxy) is 1. The maximum absolute atomic E-state index is 12.0. The molecule has 0 saturated heterocycles. The smallest absolute Gasteiger partial charge is 0.164 e. The lowest BCUT2D eigenvalue weighted by Crippen LogP contribution is -2.12. The molecule has 0 saturated carbocycles. The van der Waals surface area contributed by atoms with Crippen molar-refractivity contribution in [2.45, 2.75) is 32.3 Å². The van der Waals surface area contributed by atoms with Crippen LogP contribution in [0, 0.1) is 0 Å². The minimum atomic E-state index is -0.145. The van der Waals surface area contributed by atoms with Crippen LogP contribution < -0.4 is 4.74 Å². The van der Waals surface area contributed by atoms with Crippen LogP contribution >= 0.6 is 23.2 Å². The van der Waals surface area contributed by atoms with Crippen LogP contribution in [-0.4, -0.2) is 5.78 Å². The zero-order valence-corrected chi connectivity index (χ0v) is 14.0. The third-order valence-corrected chi connectivity index (χ3v) is 4.78. The molecule has 0 aliphatic heterocycles. The quantitative estimate of drug-likeness (QED) is 0.747. The Balaban J connectivity index is 1.85. The standard InChI is InChI=1S/C18H16Cl2O2/c1-18(2)9-17(21)12-7-6-11(8-14(12)18)22-10-13-15(19)4-3-5-16(13)20/h3-8H,9-10H2,1-2H3. The molecule has 1 aliphatic carbocycles. The number of hydrogen-bond acceptors (Lipinski definition) is 2. The summed E-state index contributed by atoms with van der Waals surface area (Å²) in [6.45, 7) is 4.45. The van der Waals surface area contributed by atoms with E-state index in [0.717, 1.165) is 22.4 Å². The molecule has 0 spiro atoms. The first-order chi connectivity index (χ1) is 10.4. The Labute approximate surface area is 140 Å². The zero-order valence-electron chi connectivity index (χ0n) is 12.5. The molecule has 0 heterocycles. The summed E-state index contributed by atoms with van der Waals surface area (Å²) in [5, 5.41) is 1.17. The van der Waals surface area contributed by atoms with Crippen LogP contribution in [0.25, 0.3) is 0 Å². The van der Waals surface area contributed by atoms with Crippen LogP contribution in [-0.2, 0) is 12.0 Å². The summed E-state index contributed by atoms with van der Waals surface area (Å²) < 4.78 is 5.83. The number of halogens is 2. The van der Waals surface area contributed by atoms with Crippen molar-refractivity contribution in [3.8, 4) is 5.75 Å². The first-order valence-corrected chi connectivity index (χ1v) is 7.87. The van der Waals surface area contributed by atoms with Gasteiger partial charge in [0, 0.05) is 27.6 Å². The van der Waals surface area contributed by atoms with Gasteiger partial charge < -0.3 is 4.74 Å². The van der Waals surface area contributed by atoms with E-state index in [1.807, 2.05) is 18.2 Å². The zero-order chi connectivity index (χ0) is 15.9. The summed E-state index contributed by atoms with van der Waals surface area (Å²) in [6.07, 6.45) is 0.544. The van der Waals surface area contributed by atoms with Crippen LogP contribution in [0.4, 0.5) is 0 Å². The van der Waals surface area contributed by atoms with Crippen molar-refractivity contribution in [3.05, 3.63) is 63.1 Å². The molecule has 4 heteroatoms. The Bertz CT molecular complexity index is 730. The Kier molecular flexibility index (Phi) is 3.92. The van der Waals surface area contributed by atoms with Crippen molar-refractivity contribution < 1.29 is 9.53 Å². The fraction of sp³-hybridized carbons (Fsp3) is 0.278. The number of hydrogen-bond donors (Lipinski definition) is 0. The van der Waals surface area contributed by atoms with Gasteiger partial charge in [0.25, 0.3) is 0 Å². The van der Waals surface area contributed by atoms with Gasteiger partial charge in [-0.15, -0.1) is 0 Å². The normalized spacial score (nSPS) is 15.7. The van der Waals surface area contributed by atoms with Gasteiger partial charge in [-0.05, 0) is 41.3 Å². The number of fused-ring (bicyclic) bond motifs is 1. The van der Waals surface area contributed by atoms with E-state index in [4.69, 9.17) is 27.9 Å². The number of carbonyl (C=O) groups is 1. The summed E-state index contributed by atoms with van der Waals surface area (Å²) in [5.41, 5.74) is 2.46. The molecule has 1 aliphatic rings. The lowest BCUT2D eigenvalue weighted by atomic mass is 9.86. The van der Waals surface area contributed by atoms with E-state index in [0.29, 0.717) is 23.1 Å². The number of Topliss-reactive ketones (excluding diaryl/α,β-unsaturated/α-hetero) is 1. The highest BCUT2D eigenvalue weighted by molar-refractivity contribution is 6.35. The Morgan fingerprint density at radius 2 is 1.82 bits per heavy atom. The van der Waals surface area contributed by atoms with E-state index in [1.54, 1.807) is 18.2 Å². The average Bonchev–Trinajstić information content (AvgIpc) is 2.68. The second-order valence-electron chi connectivity index (χ2n) is 6.18. The number of benzene rings is 2. The monoisotopic (exact) mass is 334 g/mol. The Morgan fingerprint density at radius 1 is 1.14 bits per heavy atom. The van der Waals surface area contributed by atoms with E-state index < -0.39 is 0 Å². The summed E-state index contributed by atoms with van der Waals surface area (Å²) in [7, 11) is 0. The van der Waals surface area contributed by atoms with Crippen molar-refractivity contribution in [2.75, 3.05) is 0 Å². The SMILES string of the molecule is CC1(C)CC(=O)c2ccc(OCc3c(Cl)cccc3Cl)cc21. The molecule has 2 nitrogen and oxygen atoms in total. The highest BCUT2D eigenvalue weighted by Gasteiger charge is 2.35. The molecule has 0 aromatic heterocycles. The van der Waals surface area contributed by atoms with Crippen molar-refractivity contribution >= 4 is 29.0 Å². The second-order valence-corrected chi connectivity index (χ2v) is 6.99. The lowest BCUT2D eigenvalue weighted by molar-refractivity contribution is 0.0979. The third-order valence-electron chi connectivity index (χ3n) is 4.07. The third kappa shape index (κ3) is 2.73. The van der Waals surface area contributed by atoms with Gasteiger partial charge in [0.1, 0.15) is 12.4 Å².